The molecule has 11 nitrogen and oxygen atoms in total. The molecule has 2 aliphatic heterocycles. The molecule has 0 bridgehead atoms. The van der Waals surface area contributed by atoms with Gasteiger partial charge >= 0.3 is 12.2 Å². The summed E-state index contributed by atoms with van der Waals surface area (Å²) in [7, 11) is 0. The molecule has 0 saturated heterocycles. The maximum absolute atomic E-state index is 14.4. The van der Waals surface area contributed by atoms with Crippen molar-refractivity contribution in [2.24, 2.45) is 17.8 Å². The number of ether oxygens (including phenoxy) is 4. The number of allylic oxidation sites excluding steroid dienone is 1. The lowest BCUT2D eigenvalue weighted by molar-refractivity contribution is -0.134. The average molecular weight is 680 g/mol. The number of carbonyl (C=O) groups is 4. The second-order valence-corrected chi connectivity index (χ2v) is 14.9. The first kappa shape index (κ1) is 36.3. The number of hydrogen-bond donors (Lipinski definition) is 2. The normalized spacial score (nSPS) is 25.8. The summed E-state index contributed by atoms with van der Waals surface area (Å²) in [5.41, 5.74) is 0.807. The Bertz CT molecular complexity index is 1400. The molecule has 1 aromatic carbocycles. The molecule has 49 heavy (non-hydrogen) atoms. The first-order valence-electron chi connectivity index (χ1n) is 17.8. The van der Waals surface area contributed by atoms with Gasteiger partial charge in [-0.2, -0.15) is 0 Å². The summed E-state index contributed by atoms with van der Waals surface area (Å²) in [5, 5.41) is 6.04. The quantitative estimate of drug-likeness (QED) is 0.171. The highest BCUT2D eigenvalue weighted by Crippen LogP contribution is 2.48. The molecule has 268 valence electrons. The van der Waals surface area contributed by atoms with Crippen LogP contribution in [0.25, 0.3) is 0 Å². The first-order valence-corrected chi connectivity index (χ1v) is 17.8. The summed E-state index contributed by atoms with van der Waals surface area (Å²) in [6, 6.07) is 2.97. The van der Waals surface area contributed by atoms with Crippen molar-refractivity contribution >= 4 is 23.9 Å². The van der Waals surface area contributed by atoms with Gasteiger partial charge in [0.2, 0.25) is 5.91 Å². The molecule has 11 heteroatoms. The van der Waals surface area contributed by atoms with Gasteiger partial charge in [-0.25, -0.2) is 9.59 Å². The third-order valence-electron chi connectivity index (χ3n) is 10.2. The minimum atomic E-state index is -0.848. The van der Waals surface area contributed by atoms with Gasteiger partial charge in [-0.3, -0.25) is 14.5 Å². The molecule has 1 aromatic rings. The van der Waals surface area contributed by atoms with E-state index in [9.17, 15) is 19.2 Å². The van der Waals surface area contributed by atoms with Crippen LogP contribution in [0.1, 0.15) is 96.6 Å². The smallest absolute Gasteiger partial charge is 0.410 e. The number of hydrogen-bond acceptors (Lipinski definition) is 8. The molecular formula is C38H53N3O8. The third kappa shape index (κ3) is 8.78. The summed E-state index contributed by atoms with van der Waals surface area (Å²) in [4.78, 5) is 56.4. The zero-order valence-corrected chi connectivity index (χ0v) is 29.5. The average Bonchev–Trinajstić information content (AvgIpc) is 3.34. The Hall–Kier alpha value is -4.02. The molecule has 2 fully saturated rings. The van der Waals surface area contributed by atoms with Gasteiger partial charge in [0.1, 0.15) is 24.9 Å². The van der Waals surface area contributed by atoms with Crippen molar-refractivity contribution in [1.29, 1.82) is 0 Å². The van der Waals surface area contributed by atoms with Crippen molar-refractivity contribution in [1.82, 2.24) is 15.5 Å². The van der Waals surface area contributed by atoms with Gasteiger partial charge in [0.25, 0.3) is 0 Å². The van der Waals surface area contributed by atoms with E-state index < -0.39 is 41.8 Å². The van der Waals surface area contributed by atoms with E-state index in [-0.39, 0.29) is 36.0 Å². The fourth-order valence-electron chi connectivity index (χ4n) is 7.40. The molecule has 2 aliphatic carbocycles. The highest BCUT2D eigenvalue weighted by atomic mass is 16.6. The van der Waals surface area contributed by atoms with Crippen molar-refractivity contribution in [2.75, 3.05) is 13.2 Å². The number of unbranched alkanes of at least 4 members (excludes halogenated alkanes) is 3. The van der Waals surface area contributed by atoms with E-state index in [4.69, 9.17) is 18.9 Å². The number of ketones is 1. The SMILES string of the molecule is C=CCCCCC[C@H](NC(=O)OC(C)(C)C)C(=O)C1C[C@H](OC(=O)N2Cc3cc4c(cc3C2)OCCO4)C[C@H]1C(=O)N[C@]1(CC)C[C@H]1C=C. The van der Waals surface area contributed by atoms with E-state index >= 15 is 0 Å². The summed E-state index contributed by atoms with van der Waals surface area (Å²) in [5.74, 6) is -0.446. The van der Waals surface area contributed by atoms with Gasteiger partial charge in [-0.05, 0) is 89.0 Å². The van der Waals surface area contributed by atoms with Crippen LogP contribution < -0.4 is 20.1 Å². The zero-order valence-electron chi connectivity index (χ0n) is 29.5. The standard InChI is InChI=1S/C38H53N3O8/c1-7-10-11-12-13-14-30(39-35(44)49-37(4,5)6)33(42)28-19-27(20-29(28)34(43)40-38(9-3)21-26(38)8-2)48-36(45)41-22-24-17-31-32(18-25(24)23-41)47-16-15-46-31/h7-8,17-18,26-30H,1-2,9-16,19-23H2,3-6H3,(H,39,44)(H,40,43)/t26-,27+,28?,29-,30+,38-/m1/s1. The van der Waals surface area contributed by atoms with Crippen LogP contribution in [0.2, 0.25) is 0 Å². The highest BCUT2D eigenvalue weighted by molar-refractivity contribution is 5.94. The van der Waals surface area contributed by atoms with Crippen LogP contribution in [0, 0.1) is 17.8 Å². The van der Waals surface area contributed by atoms with Gasteiger partial charge in [-0.1, -0.05) is 31.9 Å². The number of nitrogens with zero attached hydrogens (tertiary/aromatic N) is 1. The molecule has 2 N–H and O–H groups in total. The zero-order chi connectivity index (χ0) is 35.3. The number of amides is 3. The summed E-state index contributed by atoms with van der Waals surface area (Å²) in [6.45, 7) is 16.7. The van der Waals surface area contributed by atoms with Crippen molar-refractivity contribution in [2.45, 2.75) is 122 Å². The third-order valence-corrected chi connectivity index (χ3v) is 10.2. The minimum Gasteiger partial charge on any atom is -0.486 e. The maximum Gasteiger partial charge on any atom is 0.410 e. The molecular weight excluding hydrogens is 626 g/mol. The Kier molecular flexibility index (Phi) is 11.3. The lowest BCUT2D eigenvalue weighted by Gasteiger charge is -2.27. The Morgan fingerprint density at radius 2 is 1.67 bits per heavy atom. The maximum atomic E-state index is 14.4. The number of Topliss-reactive ketones (excluding diaryl/α,β-unsaturated/α-hetero) is 1. The van der Waals surface area contributed by atoms with Gasteiger partial charge in [0.15, 0.2) is 17.3 Å². The number of benzene rings is 1. The molecule has 2 heterocycles. The number of carbonyl (C=O) groups excluding carboxylic acids is 4. The van der Waals surface area contributed by atoms with E-state index in [1.54, 1.807) is 25.7 Å². The minimum absolute atomic E-state index is 0.168. The van der Waals surface area contributed by atoms with E-state index in [1.165, 1.54) is 0 Å². The van der Waals surface area contributed by atoms with Crippen LogP contribution in [0.4, 0.5) is 9.59 Å². The Morgan fingerprint density at radius 1 is 1.02 bits per heavy atom. The number of rotatable bonds is 14. The summed E-state index contributed by atoms with van der Waals surface area (Å²) >= 11 is 0. The van der Waals surface area contributed by atoms with Crippen LogP contribution in [0.5, 0.6) is 11.5 Å². The molecule has 0 aromatic heterocycles. The number of fused-ring (bicyclic) bond motifs is 2. The lowest BCUT2D eigenvalue weighted by atomic mass is 9.85. The van der Waals surface area contributed by atoms with E-state index in [0.29, 0.717) is 50.6 Å². The van der Waals surface area contributed by atoms with E-state index in [2.05, 4.69) is 23.8 Å². The number of alkyl carbamates (subject to hydrolysis) is 1. The predicted octanol–water partition coefficient (Wildman–Crippen LogP) is 6.37. The van der Waals surface area contributed by atoms with Crippen LogP contribution in [0.3, 0.4) is 0 Å². The molecule has 0 spiro atoms. The summed E-state index contributed by atoms with van der Waals surface area (Å²) < 4.78 is 23.0. The summed E-state index contributed by atoms with van der Waals surface area (Å²) in [6.07, 6.45) is 7.60. The van der Waals surface area contributed by atoms with Crippen LogP contribution in [-0.2, 0) is 32.2 Å². The molecule has 6 atom stereocenters. The number of nitrogens with one attached hydrogen (secondary N) is 2. The van der Waals surface area contributed by atoms with E-state index in [0.717, 1.165) is 43.2 Å². The Balaban J connectivity index is 1.31. The Labute approximate surface area is 290 Å². The fourth-order valence-corrected chi connectivity index (χ4v) is 7.40. The van der Waals surface area contributed by atoms with Crippen molar-refractivity contribution in [3.05, 3.63) is 48.6 Å². The Morgan fingerprint density at radius 3 is 2.24 bits per heavy atom. The molecule has 3 amide bonds. The lowest BCUT2D eigenvalue weighted by Crippen LogP contribution is -2.49. The van der Waals surface area contributed by atoms with Gasteiger partial charge in [-0.15, -0.1) is 13.2 Å². The fraction of sp³-hybridized carbons (Fsp3) is 0.632. The monoisotopic (exact) mass is 679 g/mol. The van der Waals surface area contributed by atoms with Gasteiger partial charge < -0.3 is 29.6 Å². The first-order chi connectivity index (χ1) is 23.4. The van der Waals surface area contributed by atoms with Crippen molar-refractivity contribution in [3.8, 4) is 11.5 Å². The second-order valence-electron chi connectivity index (χ2n) is 14.9. The van der Waals surface area contributed by atoms with Gasteiger partial charge in [0.05, 0.1) is 12.0 Å². The van der Waals surface area contributed by atoms with Gasteiger partial charge in [0, 0.05) is 30.5 Å². The molecule has 1 unspecified atom stereocenters. The predicted molar refractivity (Wildman–Crippen MR) is 184 cm³/mol. The topological polar surface area (TPSA) is 132 Å². The molecule has 2 saturated carbocycles. The van der Waals surface area contributed by atoms with E-state index in [1.807, 2.05) is 31.2 Å². The highest BCUT2D eigenvalue weighted by Gasteiger charge is 2.54. The second kappa shape index (κ2) is 15.3. The van der Waals surface area contributed by atoms with Crippen LogP contribution >= 0.6 is 0 Å². The molecule has 5 rings (SSSR count). The van der Waals surface area contributed by atoms with Crippen molar-refractivity contribution < 1.29 is 38.1 Å². The molecule has 4 aliphatic rings. The largest absolute Gasteiger partial charge is 0.486 e. The van der Waals surface area contributed by atoms with Crippen LogP contribution in [-0.4, -0.2) is 65.3 Å². The van der Waals surface area contributed by atoms with Crippen LogP contribution in [0.15, 0.2) is 37.4 Å². The van der Waals surface area contributed by atoms with Crippen molar-refractivity contribution in [3.63, 3.8) is 0 Å². The molecule has 0 radical (unpaired) electrons.